The molecule has 13 nitrogen and oxygen atoms in total. The van der Waals surface area contributed by atoms with Gasteiger partial charge in [0.05, 0.1) is 12.8 Å². The summed E-state index contributed by atoms with van der Waals surface area (Å²) in [4.78, 5) is 62.0. The number of hydrogen-bond acceptors (Lipinski definition) is 10. The van der Waals surface area contributed by atoms with Crippen LogP contribution in [0.2, 0.25) is 0 Å². The summed E-state index contributed by atoms with van der Waals surface area (Å²) in [6.45, 7) is 4.58. The number of imide groups is 1. The summed E-state index contributed by atoms with van der Waals surface area (Å²) in [5, 5.41) is 12.0. The SMILES string of the molecule is O=C1CCC(Nc2ccc(C3CCN(CC4CCC(CNC(=O)[C@H]5CC[C@H](Nc6ncc(F)c(-c7cccc(N8CCOCC8=O)c7)n6)CC5)CC4)CC3)c(F)c2)C(=O)N1. The fourth-order valence-electron chi connectivity index (χ4n) is 9.71. The Morgan fingerprint density at radius 3 is 2.38 bits per heavy atom. The van der Waals surface area contributed by atoms with Gasteiger partial charge >= 0.3 is 0 Å². The van der Waals surface area contributed by atoms with E-state index in [-0.39, 0.29) is 66.0 Å². The summed E-state index contributed by atoms with van der Waals surface area (Å²) in [5.74, 6) is 0.162. The second kappa shape index (κ2) is 19.1. The maximum Gasteiger partial charge on any atom is 0.253 e. The fraction of sp³-hybridized carbons (Fsp3) is 0.556. The highest BCUT2D eigenvalue weighted by molar-refractivity contribution is 6.01. The van der Waals surface area contributed by atoms with Gasteiger partial charge in [-0.3, -0.25) is 24.5 Å². The van der Waals surface area contributed by atoms with E-state index in [4.69, 9.17) is 4.74 Å². The highest BCUT2D eigenvalue weighted by Gasteiger charge is 2.31. The van der Waals surface area contributed by atoms with Crippen LogP contribution in [-0.4, -0.2) is 96.5 Å². The van der Waals surface area contributed by atoms with Crippen molar-refractivity contribution in [2.24, 2.45) is 17.8 Å². The molecule has 4 heterocycles. The number of morpholine rings is 1. The molecule has 4 N–H and O–H groups in total. The van der Waals surface area contributed by atoms with Crippen LogP contribution in [0, 0.1) is 29.4 Å². The Bertz CT molecular complexity index is 2030. The number of ether oxygens (including phenoxy) is 1. The molecule has 8 rings (SSSR count). The molecule has 0 radical (unpaired) electrons. The van der Waals surface area contributed by atoms with Gasteiger partial charge in [0.15, 0.2) is 5.82 Å². The minimum absolute atomic E-state index is 0.0247. The number of amides is 4. The highest BCUT2D eigenvalue weighted by Crippen LogP contribution is 2.35. The van der Waals surface area contributed by atoms with E-state index in [9.17, 15) is 23.6 Å². The van der Waals surface area contributed by atoms with Crippen LogP contribution in [-0.2, 0) is 23.9 Å². The summed E-state index contributed by atoms with van der Waals surface area (Å²) < 4.78 is 35.4. The average Bonchev–Trinajstić information content (AvgIpc) is 3.26. The van der Waals surface area contributed by atoms with Gasteiger partial charge in [-0.05, 0) is 131 Å². The number of aromatic nitrogens is 2. The van der Waals surface area contributed by atoms with Crippen molar-refractivity contribution < 1.29 is 32.7 Å². The van der Waals surface area contributed by atoms with E-state index in [1.807, 2.05) is 18.2 Å². The third-order valence-electron chi connectivity index (χ3n) is 13.2. The molecule has 320 valence electrons. The number of nitrogens with one attached hydrogen (secondary N) is 4. The molecule has 2 aromatic carbocycles. The van der Waals surface area contributed by atoms with E-state index in [1.54, 1.807) is 23.1 Å². The average molecular weight is 827 g/mol. The van der Waals surface area contributed by atoms with Gasteiger partial charge in [0.2, 0.25) is 23.7 Å². The lowest BCUT2D eigenvalue weighted by Crippen LogP contribution is -2.47. The third kappa shape index (κ3) is 10.3. The molecule has 1 atom stereocenters. The van der Waals surface area contributed by atoms with Crippen molar-refractivity contribution in [2.75, 3.05) is 61.5 Å². The Morgan fingerprint density at radius 1 is 0.850 bits per heavy atom. The maximum atomic E-state index is 15.2. The van der Waals surface area contributed by atoms with Crippen LogP contribution in [0.15, 0.2) is 48.7 Å². The highest BCUT2D eigenvalue weighted by atomic mass is 19.1. The van der Waals surface area contributed by atoms with Gasteiger partial charge in [0, 0.05) is 55.0 Å². The molecule has 3 aromatic rings. The zero-order valence-electron chi connectivity index (χ0n) is 34.1. The zero-order valence-corrected chi connectivity index (χ0v) is 34.1. The first-order valence-electron chi connectivity index (χ1n) is 21.8. The van der Waals surface area contributed by atoms with Gasteiger partial charge in [-0.25, -0.2) is 18.7 Å². The van der Waals surface area contributed by atoms with Crippen LogP contribution in [0.4, 0.5) is 26.1 Å². The number of anilines is 3. The van der Waals surface area contributed by atoms with Crippen molar-refractivity contribution >= 4 is 41.0 Å². The minimum Gasteiger partial charge on any atom is -0.374 e. The molecule has 3 saturated heterocycles. The largest absolute Gasteiger partial charge is 0.374 e. The smallest absolute Gasteiger partial charge is 0.253 e. The normalized spacial score (nSPS) is 25.7. The number of piperidine rings is 2. The van der Waals surface area contributed by atoms with Crippen LogP contribution in [0.5, 0.6) is 0 Å². The van der Waals surface area contributed by atoms with Crippen LogP contribution in [0.3, 0.4) is 0 Å². The summed E-state index contributed by atoms with van der Waals surface area (Å²) >= 11 is 0. The first kappa shape index (κ1) is 41.7. The molecular weight excluding hydrogens is 771 g/mol. The first-order chi connectivity index (χ1) is 29.1. The van der Waals surface area contributed by atoms with Crippen molar-refractivity contribution in [3.63, 3.8) is 0 Å². The monoisotopic (exact) mass is 826 g/mol. The zero-order chi connectivity index (χ0) is 41.6. The van der Waals surface area contributed by atoms with Crippen LogP contribution >= 0.6 is 0 Å². The van der Waals surface area contributed by atoms with Gasteiger partial charge < -0.3 is 30.5 Å². The fourth-order valence-corrected chi connectivity index (χ4v) is 9.71. The number of hydrogen-bond donors (Lipinski definition) is 4. The molecule has 2 saturated carbocycles. The third-order valence-corrected chi connectivity index (χ3v) is 13.2. The van der Waals surface area contributed by atoms with E-state index in [2.05, 4.69) is 36.1 Å². The Labute approximate surface area is 349 Å². The molecule has 5 fully saturated rings. The molecule has 0 spiro atoms. The molecule has 1 unspecified atom stereocenters. The number of benzene rings is 2. The van der Waals surface area contributed by atoms with E-state index >= 15 is 4.39 Å². The van der Waals surface area contributed by atoms with Crippen LogP contribution < -0.4 is 26.2 Å². The second-order valence-corrected chi connectivity index (χ2v) is 17.3. The Balaban J connectivity index is 0.720. The topological polar surface area (TPSA) is 158 Å². The number of likely N-dealkylation sites (tertiary alicyclic amines) is 1. The number of carbonyl (C=O) groups excluding carboxylic acids is 4. The number of nitrogens with zero attached hydrogens (tertiary/aromatic N) is 4. The second-order valence-electron chi connectivity index (χ2n) is 17.3. The molecule has 3 aliphatic heterocycles. The van der Waals surface area contributed by atoms with Crippen molar-refractivity contribution in [1.29, 1.82) is 0 Å². The van der Waals surface area contributed by atoms with Gasteiger partial charge in [-0.15, -0.1) is 0 Å². The molecule has 15 heteroatoms. The van der Waals surface area contributed by atoms with Crippen molar-refractivity contribution in [3.05, 3.63) is 65.9 Å². The Hall–Kier alpha value is -5.02. The number of carbonyl (C=O) groups is 4. The molecule has 0 bridgehead atoms. The number of rotatable bonds is 12. The predicted octanol–water partition coefficient (Wildman–Crippen LogP) is 5.78. The van der Waals surface area contributed by atoms with E-state index in [1.165, 1.54) is 12.3 Å². The van der Waals surface area contributed by atoms with Gasteiger partial charge in [0.1, 0.15) is 24.2 Å². The standard InChI is InChI=1S/C45H56F2N8O5/c46-37-23-34(50-39-14-15-40(56)52-44(39)59)12-13-36(37)30-16-18-54(19-17-30)26-29-6-4-28(5-7-29)24-48-43(58)31-8-10-33(11-9-31)51-45-49-25-38(47)42(53-45)32-2-1-3-35(22-32)55-20-21-60-27-41(55)57/h1-3,12-13,22-23,25,28-31,33,39,50H,4-11,14-21,24,26-27H2,(H,48,58)(H,49,51,53)(H,52,56,59)/t28?,29?,31-,33-,39?. The summed E-state index contributed by atoms with van der Waals surface area (Å²) in [6.07, 6.45) is 11.3. The maximum absolute atomic E-state index is 15.2. The van der Waals surface area contributed by atoms with Gasteiger partial charge in [-0.2, -0.15) is 0 Å². The van der Waals surface area contributed by atoms with Crippen molar-refractivity contribution in [3.8, 4) is 11.3 Å². The predicted molar refractivity (Wildman–Crippen MR) is 223 cm³/mol. The first-order valence-corrected chi connectivity index (χ1v) is 21.8. The molecule has 1 aromatic heterocycles. The quantitative estimate of drug-likeness (QED) is 0.165. The lowest BCUT2D eigenvalue weighted by molar-refractivity contribution is -0.133. The molecule has 2 aliphatic carbocycles. The van der Waals surface area contributed by atoms with Crippen LogP contribution in [0.25, 0.3) is 11.3 Å². The molecule has 4 amide bonds. The Morgan fingerprint density at radius 2 is 1.63 bits per heavy atom. The lowest BCUT2D eigenvalue weighted by Gasteiger charge is -2.37. The minimum atomic E-state index is -0.542. The molecule has 60 heavy (non-hydrogen) atoms. The van der Waals surface area contributed by atoms with Gasteiger partial charge in [0.25, 0.3) is 5.91 Å². The Kier molecular flexibility index (Phi) is 13.3. The molecule has 5 aliphatic rings. The van der Waals surface area contributed by atoms with Crippen molar-refractivity contribution in [2.45, 2.75) is 95.1 Å². The molecular formula is C45H56F2N8O5. The van der Waals surface area contributed by atoms with Gasteiger partial charge in [-0.1, -0.05) is 18.2 Å². The lowest BCUT2D eigenvalue weighted by atomic mass is 9.81. The van der Waals surface area contributed by atoms with Crippen LogP contribution in [0.1, 0.15) is 88.5 Å². The number of halogens is 2. The van der Waals surface area contributed by atoms with Crippen molar-refractivity contribution in [1.82, 2.24) is 25.5 Å². The van der Waals surface area contributed by atoms with E-state index < -0.39 is 11.9 Å². The van der Waals surface area contributed by atoms with E-state index in [0.29, 0.717) is 54.3 Å². The van der Waals surface area contributed by atoms with E-state index in [0.717, 1.165) is 96.0 Å². The summed E-state index contributed by atoms with van der Waals surface area (Å²) in [6, 6.07) is 11.8. The summed E-state index contributed by atoms with van der Waals surface area (Å²) in [5.41, 5.74) is 2.68. The summed E-state index contributed by atoms with van der Waals surface area (Å²) in [7, 11) is 0.